The van der Waals surface area contributed by atoms with Crippen molar-refractivity contribution in [1.29, 1.82) is 0 Å². The average molecular weight is 403 g/mol. The highest BCUT2D eigenvalue weighted by molar-refractivity contribution is 5.99. The molecule has 0 aliphatic heterocycles. The molecular formula is C21H17N5O4. The minimum Gasteiger partial charge on any atom is -0.414 e. The van der Waals surface area contributed by atoms with Crippen molar-refractivity contribution < 1.29 is 8.83 Å². The Balaban J connectivity index is 1.66. The number of benzene rings is 2. The van der Waals surface area contributed by atoms with Crippen LogP contribution in [0.2, 0.25) is 0 Å². The SMILES string of the molecule is CC(C)n1nnc2c3oc(=O)c(=O)oc3c(Cc3ccc(-n4ccnc4)cc3)cc21. The molecule has 0 atom stereocenters. The zero-order chi connectivity index (χ0) is 20.8. The molecule has 9 nitrogen and oxygen atoms in total. The van der Waals surface area contributed by atoms with Crippen molar-refractivity contribution >= 4 is 22.2 Å². The Hall–Kier alpha value is -4.01. The Labute approximate surface area is 169 Å². The van der Waals surface area contributed by atoms with Gasteiger partial charge in [-0.05, 0) is 37.6 Å². The smallest absolute Gasteiger partial charge is 0.414 e. The van der Waals surface area contributed by atoms with E-state index in [-0.39, 0.29) is 17.2 Å². The van der Waals surface area contributed by atoms with Crippen LogP contribution >= 0.6 is 0 Å². The molecule has 0 saturated carbocycles. The molecule has 0 saturated heterocycles. The molecule has 0 unspecified atom stereocenters. The Kier molecular flexibility index (Phi) is 4.09. The molecule has 5 aromatic rings. The molecular weight excluding hydrogens is 386 g/mol. The quantitative estimate of drug-likeness (QED) is 0.424. The second kappa shape index (κ2) is 6.80. The first kappa shape index (κ1) is 18.0. The molecule has 0 fully saturated rings. The minimum atomic E-state index is -1.07. The Morgan fingerprint density at radius 1 is 1.03 bits per heavy atom. The summed E-state index contributed by atoms with van der Waals surface area (Å²) >= 11 is 0. The molecule has 0 aliphatic rings. The Morgan fingerprint density at radius 2 is 1.77 bits per heavy atom. The van der Waals surface area contributed by atoms with Crippen molar-refractivity contribution in [3.8, 4) is 5.69 Å². The molecule has 0 aliphatic carbocycles. The van der Waals surface area contributed by atoms with Gasteiger partial charge >= 0.3 is 11.3 Å². The molecule has 0 N–H and O–H groups in total. The molecule has 9 heteroatoms. The monoisotopic (exact) mass is 403 g/mol. The summed E-state index contributed by atoms with van der Waals surface area (Å²) in [6.07, 6.45) is 5.79. The summed E-state index contributed by atoms with van der Waals surface area (Å²) in [7, 11) is 0. The van der Waals surface area contributed by atoms with Gasteiger partial charge in [-0.25, -0.2) is 19.3 Å². The number of hydrogen-bond donors (Lipinski definition) is 0. The lowest BCUT2D eigenvalue weighted by Crippen LogP contribution is -2.21. The summed E-state index contributed by atoms with van der Waals surface area (Å²) < 4.78 is 14.2. The zero-order valence-corrected chi connectivity index (χ0v) is 16.3. The van der Waals surface area contributed by atoms with Gasteiger partial charge in [0.2, 0.25) is 5.58 Å². The van der Waals surface area contributed by atoms with E-state index in [1.54, 1.807) is 17.2 Å². The van der Waals surface area contributed by atoms with Crippen LogP contribution in [0.4, 0.5) is 0 Å². The number of rotatable bonds is 4. The predicted octanol–water partition coefficient (Wildman–Crippen LogP) is 2.85. The zero-order valence-electron chi connectivity index (χ0n) is 16.3. The lowest BCUT2D eigenvalue weighted by molar-refractivity contribution is 0.448. The normalized spacial score (nSPS) is 11.7. The lowest BCUT2D eigenvalue weighted by atomic mass is 10.0. The van der Waals surface area contributed by atoms with E-state index in [1.165, 1.54) is 0 Å². The standard InChI is InChI=1S/C21H17N5O4/c1-12(2)26-16-10-14(9-13-3-5-15(6-4-13)25-8-7-22-11-25)18-19(17(16)23-24-26)30-21(28)20(27)29-18/h3-8,10-12H,9H2,1-2H3. The van der Waals surface area contributed by atoms with E-state index >= 15 is 0 Å². The van der Waals surface area contributed by atoms with Gasteiger partial charge in [-0.1, -0.05) is 17.3 Å². The van der Waals surface area contributed by atoms with Gasteiger partial charge in [0.1, 0.15) is 0 Å². The fourth-order valence-corrected chi connectivity index (χ4v) is 3.49. The molecule has 5 rings (SSSR count). The maximum atomic E-state index is 11.8. The second-order valence-corrected chi connectivity index (χ2v) is 7.28. The first-order valence-electron chi connectivity index (χ1n) is 9.43. The van der Waals surface area contributed by atoms with Crippen molar-refractivity contribution in [2.45, 2.75) is 26.3 Å². The van der Waals surface area contributed by atoms with Crippen LogP contribution in [0, 0.1) is 0 Å². The van der Waals surface area contributed by atoms with E-state index in [0.29, 0.717) is 23.0 Å². The van der Waals surface area contributed by atoms with Gasteiger partial charge in [0.15, 0.2) is 11.1 Å². The van der Waals surface area contributed by atoms with Crippen LogP contribution < -0.4 is 11.3 Å². The number of nitrogens with zero attached hydrogens (tertiary/aromatic N) is 5. The molecule has 2 aromatic carbocycles. The average Bonchev–Trinajstić information content (AvgIpc) is 3.40. The fraction of sp³-hybridized carbons (Fsp3) is 0.190. The molecule has 3 aromatic heterocycles. The number of aromatic nitrogens is 5. The summed E-state index contributed by atoms with van der Waals surface area (Å²) in [4.78, 5) is 27.7. The van der Waals surface area contributed by atoms with Crippen molar-refractivity contribution in [3.63, 3.8) is 0 Å². The van der Waals surface area contributed by atoms with Crippen LogP contribution in [0.15, 0.2) is 67.5 Å². The number of imidazole rings is 1. The minimum absolute atomic E-state index is 0.0530. The number of hydrogen-bond acceptors (Lipinski definition) is 7. The van der Waals surface area contributed by atoms with E-state index in [0.717, 1.165) is 11.3 Å². The van der Waals surface area contributed by atoms with Gasteiger partial charge < -0.3 is 13.4 Å². The van der Waals surface area contributed by atoms with Crippen LogP contribution in [-0.4, -0.2) is 24.5 Å². The number of fused-ring (bicyclic) bond motifs is 3. The highest BCUT2D eigenvalue weighted by Gasteiger charge is 2.19. The van der Waals surface area contributed by atoms with Gasteiger partial charge in [-0.3, -0.25) is 0 Å². The summed E-state index contributed by atoms with van der Waals surface area (Å²) in [5.41, 5.74) is 2.01. The summed E-state index contributed by atoms with van der Waals surface area (Å²) in [6, 6.07) is 9.87. The van der Waals surface area contributed by atoms with E-state index < -0.39 is 11.3 Å². The van der Waals surface area contributed by atoms with Crippen LogP contribution in [0.3, 0.4) is 0 Å². The predicted molar refractivity (Wildman–Crippen MR) is 109 cm³/mol. The van der Waals surface area contributed by atoms with E-state index in [4.69, 9.17) is 8.83 Å². The van der Waals surface area contributed by atoms with Gasteiger partial charge in [0.05, 0.1) is 11.8 Å². The molecule has 0 amide bonds. The van der Waals surface area contributed by atoms with Crippen molar-refractivity contribution in [2.75, 3.05) is 0 Å². The molecule has 150 valence electrons. The first-order chi connectivity index (χ1) is 14.5. The highest BCUT2D eigenvalue weighted by Crippen LogP contribution is 2.29. The highest BCUT2D eigenvalue weighted by atomic mass is 16.5. The van der Waals surface area contributed by atoms with E-state index in [9.17, 15) is 9.59 Å². The maximum absolute atomic E-state index is 11.8. The van der Waals surface area contributed by atoms with E-state index in [2.05, 4.69) is 15.3 Å². The molecule has 0 spiro atoms. The molecule has 3 heterocycles. The van der Waals surface area contributed by atoms with Crippen LogP contribution in [0.5, 0.6) is 0 Å². The molecule has 0 radical (unpaired) electrons. The topological polar surface area (TPSA) is 109 Å². The molecule has 0 bridgehead atoms. The fourth-order valence-electron chi connectivity index (χ4n) is 3.49. The summed E-state index contributed by atoms with van der Waals surface area (Å²) in [5.74, 6) is 0. The largest absolute Gasteiger partial charge is 0.423 e. The lowest BCUT2D eigenvalue weighted by Gasteiger charge is -2.09. The molecule has 30 heavy (non-hydrogen) atoms. The Bertz CT molecular complexity index is 1470. The van der Waals surface area contributed by atoms with Gasteiger partial charge in [0, 0.05) is 36.1 Å². The van der Waals surface area contributed by atoms with Crippen LogP contribution in [-0.2, 0) is 6.42 Å². The first-order valence-corrected chi connectivity index (χ1v) is 9.43. The van der Waals surface area contributed by atoms with Gasteiger partial charge in [-0.15, -0.1) is 5.10 Å². The van der Waals surface area contributed by atoms with Gasteiger partial charge in [0.25, 0.3) is 0 Å². The second-order valence-electron chi connectivity index (χ2n) is 7.28. The summed E-state index contributed by atoms with van der Waals surface area (Å²) in [6.45, 7) is 3.96. The Morgan fingerprint density at radius 3 is 2.43 bits per heavy atom. The van der Waals surface area contributed by atoms with Crippen LogP contribution in [0.1, 0.15) is 31.0 Å². The van der Waals surface area contributed by atoms with Crippen molar-refractivity contribution in [2.24, 2.45) is 0 Å². The van der Waals surface area contributed by atoms with Crippen molar-refractivity contribution in [3.05, 3.63) is 81.0 Å². The van der Waals surface area contributed by atoms with E-state index in [1.807, 2.05) is 54.9 Å². The third-order valence-electron chi connectivity index (χ3n) is 4.93. The van der Waals surface area contributed by atoms with Crippen LogP contribution in [0.25, 0.3) is 27.9 Å². The maximum Gasteiger partial charge on any atom is 0.423 e. The van der Waals surface area contributed by atoms with Crippen molar-refractivity contribution in [1.82, 2.24) is 24.5 Å². The summed E-state index contributed by atoms with van der Waals surface area (Å²) in [5, 5.41) is 8.30. The third-order valence-corrected chi connectivity index (χ3v) is 4.93. The van der Waals surface area contributed by atoms with Gasteiger partial charge in [-0.2, -0.15) is 0 Å². The third kappa shape index (κ3) is 2.91.